The Morgan fingerprint density at radius 2 is 1.95 bits per heavy atom. The number of hydrogen-bond donors (Lipinski definition) is 0. The van der Waals surface area contributed by atoms with Gasteiger partial charge in [0.2, 0.25) is 0 Å². The molecule has 1 heterocycles. The lowest BCUT2D eigenvalue weighted by atomic mass is 10.2. The van der Waals surface area contributed by atoms with Gasteiger partial charge in [0.25, 0.3) is 0 Å². The Bertz CT molecular complexity index is 522. The van der Waals surface area contributed by atoms with Crippen molar-refractivity contribution < 1.29 is 4.79 Å². The molecule has 0 saturated carbocycles. The number of aliphatic imine (C=N–C) groups is 1. The zero-order valence-electron chi connectivity index (χ0n) is 13.5. The third-order valence-corrected chi connectivity index (χ3v) is 3.10. The molecule has 1 aliphatic heterocycles. The Morgan fingerprint density at radius 3 is 2.38 bits per heavy atom. The van der Waals surface area contributed by atoms with Crippen molar-refractivity contribution in [3.8, 4) is 0 Å². The molecule has 0 atom stereocenters. The molecular formula is C17H25N3O. The molecule has 1 aliphatic rings. The van der Waals surface area contributed by atoms with E-state index in [0.717, 1.165) is 23.5 Å². The van der Waals surface area contributed by atoms with E-state index < -0.39 is 0 Å². The van der Waals surface area contributed by atoms with Gasteiger partial charge in [0.15, 0.2) is 5.84 Å². The van der Waals surface area contributed by atoms with Gasteiger partial charge in [-0.1, -0.05) is 26.2 Å². The lowest BCUT2D eigenvalue weighted by Crippen LogP contribution is -2.33. The maximum atomic E-state index is 12.8. The van der Waals surface area contributed by atoms with E-state index in [1.165, 1.54) is 0 Å². The van der Waals surface area contributed by atoms with Crippen LogP contribution < -0.4 is 0 Å². The first kappa shape index (κ1) is 17.0. The topological polar surface area (TPSA) is 35.9 Å². The van der Waals surface area contributed by atoms with Gasteiger partial charge in [0, 0.05) is 13.1 Å². The maximum absolute atomic E-state index is 12.8. The minimum Gasteiger partial charge on any atom is -0.276 e. The monoisotopic (exact) mass is 287 g/mol. The predicted molar refractivity (Wildman–Crippen MR) is 89.1 cm³/mol. The summed E-state index contributed by atoms with van der Waals surface area (Å²) < 4.78 is 0. The normalized spacial score (nSPS) is 17.7. The molecule has 0 aromatic rings. The number of hydrogen-bond acceptors (Lipinski definition) is 2. The molecule has 0 aliphatic carbocycles. The summed E-state index contributed by atoms with van der Waals surface area (Å²) in [5.74, 6) is 0.751. The summed E-state index contributed by atoms with van der Waals surface area (Å²) in [4.78, 5) is 20.7. The van der Waals surface area contributed by atoms with Crippen molar-refractivity contribution in [3.05, 3.63) is 48.4 Å². The second kappa shape index (κ2) is 7.62. The van der Waals surface area contributed by atoms with Gasteiger partial charge in [-0.3, -0.25) is 14.8 Å². The van der Waals surface area contributed by atoms with Crippen LogP contribution in [0.1, 0.15) is 34.1 Å². The zero-order chi connectivity index (χ0) is 16.0. The zero-order valence-corrected chi connectivity index (χ0v) is 13.5. The van der Waals surface area contributed by atoms with E-state index in [1.807, 2.05) is 20.8 Å². The van der Waals surface area contributed by atoms with Gasteiger partial charge in [0.05, 0.1) is 11.4 Å². The van der Waals surface area contributed by atoms with Gasteiger partial charge in [-0.25, -0.2) is 4.79 Å². The fraction of sp³-hybridized carbons (Fsp3) is 0.412. The highest BCUT2D eigenvalue weighted by molar-refractivity contribution is 6.15. The second-order valence-electron chi connectivity index (χ2n) is 4.95. The van der Waals surface area contributed by atoms with Crippen LogP contribution in [-0.4, -0.2) is 34.8 Å². The molecule has 1 saturated heterocycles. The van der Waals surface area contributed by atoms with Crippen LogP contribution in [0.4, 0.5) is 4.79 Å². The molecule has 1 fully saturated rings. The molecule has 0 spiro atoms. The summed E-state index contributed by atoms with van der Waals surface area (Å²) in [6.45, 7) is 16.8. The van der Waals surface area contributed by atoms with Crippen LogP contribution in [0.25, 0.3) is 0 Å². The van der Waals surface area contributed by atoms with Crippen molar-refractivity contribution in [2.24, 2.45) is 4.99 Å². The van der Waals surface area contributed by atoms with Gasteiger partial charge < -0.3 is 0 Å². The van der Waals surface area contributed by atoms with E-state index in [-0.39, 0.29) is 6.03 Å². The highest BCUT2D eigenvalue weighted by Crippen LogP contribution is 2.30. The van der Waals surface area contributed by atoms with Crippen molar-refractivity contribution in [1.82, 2.24) is 9.80 Å². The first-order chi connectivity index (χ1) is 10.0. The molecule has 0 unspecified atom stereocenters. The average molecular weight is 287 g/mol. The van der Waals surface area contributed by atoms with Crippen molar-refractivity contribution >= 4 is 11.9 Å². The lowest BCUT2D eigenvalue weighted by molar-refractivity contribution is 0.209. The summed E-state index contributed by atoms with van der Waals surface area (Å²) in [5.41, 5.74) is 2.61. The molecule has 0 aromatic carbocycles. The van der Waals surface area contributed by atoms with Crippen LogP contribution in [0.2, 0.25) is 0 Å². The number of rotatable bonds is 6. The Morgan fingerprint density at radius 1 is 1.29 bits per heavy atom. The van der Waals surface area contributed by atoms with Crippen LogP contribution in [0.15, 0.2) is 53.3 Å². The Labute approximate surface area is 127 Å². The molecule has 4 heteroatoms. The van der Waals surface area contributed by atoms with Gasteiger partial charge >= 0.3 is 6.03 Å². The van der Waals surface area contributed by atoms with Crippen molar-refractivity contribution in [2.45, 2.75) is 34.1 Å². The second-order valence-corrected chi connectivity index (χ2v) is 4.95. The van der Waals surface area contributed by atoms with E-state index in [4.69, 9.17) is 0 Å². The number of carbonyl (C=O) groups excluding carboxylic acids is 1. The standard InChI is InChI=1S/C17H25N3O/c1-7-11-14(9-3)20-15(13(5)6)16(18-10-4)19(12-8-2)17(20)21/h7,9,11H,1,3,8,10,12H2,2,4-6H3/b14-11+,18-16+. The summed E-state index contributed by atoms with van der Waals surface area (Å²) in [7, 11) is 0. The Hall–Kier alpha value is -2.10. The van der Waals surface area contributed by atoms with Gasteiger partial charge in [-0.05, 0) is 44.9 Å². The summed E-state index contributed by atoms with van der Waals surface area (Å²) in [5, 5.41) is 0. The molecule has 0 radical (unpaired) electrons. The number of urea groups is 1. The predicted octanol–water partition coefficient (Wildman–Crippen LogP) is 4.10. The molecule has 4 nitrogen and oxygen atoms in total. The van der Waals surface area contributed by atoms with Crippen LogP contribution in [0.5, 0.6) is 0 Å². The molecule has 0 aromatic heterocycles. The fourth-order valence-corrected chi connectivity index (χ4v) is 2.31. The fourth-order valence-electron chi connectivity index (χ4n) is 2.31. The average Bonchev–Trinajstić information content (AvgIpc) is 2.71. The molecule has 21 heavy (non-hydrogen) atoms. The quantitative estimate of drug-likeness (QED) is 0.677. The smallest absolute Gasteiger partial charge is 0.276 e. The Balaban J connectivity index is 3.49. The maximum Gasteiger partial charge on any atom is 0.334 e. The van der Waals surface area contributed by atoms with Crippen LogP contribution in [-0.2, 0) is 0 Å². The molecule has 1 rings (SSSR count). The number of allylic oxidation sites excluding steroid dienone is 4. The number of amides is 2. The van der Waals surface area contributed by atoms with Crippen molar-refractivity contribution in [3.63, 3.8) is 0 Å². The van der Waals surface area contributed by atoms with E-state index in [1.54, 1.807) is 28.0 Å². The van der Waals surface area contributed by atoms with E-state index in [9.17, 15) is 4.79 Å². The van der Waals surface area contributed by atoms with E-state index in [2.05, 4.69) is 25.1 Å². The Kier molecular flexibility index (Phi) is 6.15. The number of carbonyl (C=O) groups is 1. The van der Waals surface area contributed by atoms with Crippen molar-refractivity contribution in [1.29, 1.82) is 0 Å². The van der Waals surface area contributed by atoms with Crippen molar-refractivity contribution in [2.75, 3.05) is 13.1 Å². The first-order valence-electron chi connectivity index (χ1n) is 7.32. The molecule has 2 amide bonds. The van der Waals surface area contributed by atoms with Crippen LogP contribution in [0, 0.1) is 0 Å². The van der Waals surface area contributed by atoms with Crippen LogP contribution >= 0.6 is 0 Å². The molecule has 0 N–H and O–H groups in total. The summed E-state index contributed by atoms with van der Waals surface area (Å²) in [6, 6.07) is -0.0757. The van der Waals surface area contributed by atoms with E-state index in [0.29, 0.717) is 18.8 Å². The van der Waals surface area contributed by atoms with E-state index >= 15 is 0 Å². The minimum absolute atomic E-state index is 0.0757. The molecule has 114 valence electrons. The summed E-state index contributed by atoms with van der Waals surface area (Å²) >= 11 is 0. The van der Waals surface area contributed by atoms with Crippen LogP contribution in [0.3, 0.4) is 0 Å². The minimum atomic E-state index is -0.0757. The third-order valence-electron chi connectivity index (χ3n) is 3.10. The lowest BCUT2D eigenvalue weighted by Gasteiger charge is -2.18. The summed E-state index contributed by atoms with van der Waals surface area (Å²) in [6.07, 6.45) is 5.99. The first-order valence-corrected chi connectivity index (χ1v) is 7.32. The highest BCUT2D eigenvalue weighted by atomic mass is 16.2. The SMILES string of the molecule is C=C/C=C(\C=C)N1C(=O)N(CCC)/C(=N/CC)C1=C(C)C. The highest BCUT2D eigenvalue weighted by Gasteiger charge is 2.40. The molecular weight excluding hydrogens is 262 g/mol. The van der Waals surface area contributed by atoms with Gasteiger partial charge in [-0.2, -0.15) is 0 Å². The largest absolute Gasteiger partial charge is 0.334 e. The number of amidine groups is 1. The van der Waals surface area contributed by atoms with Gasteiger partial charge in [0.1, 0.15) is 0 Å². The van der Waals surface area contributed by atoms with Gasteiger partial charge in [-0.15, -0.1) is 0 Å². The third kappa shape index (κ3) is 3.32. The number of nitrogens with zero attached hydrogens (tertiary/aromatic N) is 3. The molecule has 0 bridgehead atoms.